The molecule has 3 aromatic rings. The summed E-state index contributed by atoms with van der Waals surface area (Å²) < 4.78 is 11.0. The number of aliphatic hydroxyl groups excluding tert-OH is 1. The van der Waals surface area contributed by atoms with Gasteiger partial charge in [0.2, 0.25) is 5.91 Å². The minimum Gasteiger partial charge on any atom is -0.494 e. The zero-order valence-electron chi connectivity index (χ0n) is 18.2. The number of nitrogens with one attached hydrogen (secondary N) is 1. The molecule has 4 rings (SSSR count). The molecule has 2 heterocycles. The minimum atomic E-state index is -0.508. The lowest BCUT2D eigenvalue weighted by molar-refractivity contribution is -0.125. The largest absolute Gasteiger partial charge is 0.494 e. The SMILES string of the molecule is CCCOc1cccc(CN2C[C@H](O)C[C@H]2C(=O)NCc2ccc(-c3cnco3)cc2)c1. The van der Waals surface area contributed by atoms with Crippen LogP contribution in [0.1, 0.15) is 30.9 Å². The summed E-state index contributed by atoms with van der Waals surface area (Å²) >= 11 is 0. The molecule has 168 valence electrons. The van der Waals surface area contributed by atoms with Gasteiger partial charge in [-0.15, -0.1) is 0 Å². The molecule has 0 unspecified atom stereocenters. The number of rotatable bonds is 9. The topological polar surface area (TPSA) is 87.8 Å². The van der Waals surface area contributed by atoms with Crippen molar-refractivity contribution in [1.29, 1.82) is 0 Å². The van der Waals surface area contributed by atoms with Gasteiger partial charge in [0.1, 0.15) is 5.75 Å². The fourth-order valence-corrected chi connectivity index (χ4v) is 3.97. The molecule has 1 amide bonds. The van der Waals surface area contributed by atoms with E-state index in [0.717, 1.165) is 28.9 Å². The van der Waals surface area contributed by atoms with E-state index in [2.05, 4.69) is 17.2 Å². The second kappa shape index (κ2) is 10.4. The summed E-state index contributed by atoms with van der Waals surface area (Å²) in [7, 11) is 0. The molecule has 2 N–H and O–H groups in total. The first-order valence-electron chi connectivity index (χ1n) is 11.0. The van der Waals surface area contributed by atoms with Crippen LogP contribution < -0.4 is 10.1 Å². The third-order valence-electron chi connectivity index (χ3n) is 5.58. The van der Waals surface area contributed by atoms with Gasteiger partial charge in [0, 0.05) is 25.2 Å². The molecule has 0 radical (unpaired) electrons. The first-order valence-corrected chi connectivity index (χ1v) is 11.0. The van der Waals surface area contributed by atoms with E-state index in [-0.39, 0.29) is 11.9 Å². The number of aliphatic hydroxyl groups is 1. The normalized spacial score (nSPS) is 18.6. The van der Waals surface area contributed by atoms with Gasteiger partial charge in [0.15, 0.2) is 12.2 Å². The van der Waals surface area contributed by atoms with Crippen LogP contribution in [0.4, 0.5) is 0 Å². The van der Waals surface area contributed by atoms with Gasteiger partial charge >= 0.3 is 0 Å². The highest BCUT2D eigenvalue weighted by Crippen LogP contribution is 2.23. The molecular weight excluding hydrogens is 406 g/mol. The Morgan fingerprint density at radius 3 is 2.84 bits per heavy atom. The average molecular weight is 436 g/mol. The number of benzene rings is 2. The third kappa shape index (κ3) is 5.55. The van der Waals surface area contributed by atoms with Crippen molar-refractivity contribution in [1.82, 2.24) is 15.2 Å². The number of nitrogens with zero attached hydrogens (tertiary/aromatic N) is 2. The fourth-order valence-electron chi connectivity index (χ4n) is 3.97. The number of ether oxygens (including phenoxy) is 1. The first kappa shape index (κ1) is 22.0. The molecule has 0 spiro atoms. The monoisotopic (exact) mass is 435 g/mol. The Morgan fingerprint density at radius 1 is 1.25 bits per heavy atom. The Hall–Kier alpha value is -3.16. The number of carbonyl (C=O) groups is 1. The zero-order valence-corrected chi connectivity index (χ0v) is 18.2. The molecule has 7 heteroatoms. The van der Waals surface area contributed by atoms with Crippen molar-refractivity contribution >= 4 is 5.91 Å². The molecule has 7 nitrogen and oxygen atoms in total. The highest BCUT2D eigenvalue weighted by Gasteiger charge is 2.35. The van der Waals surface area contributed by atoms with Crippen LogP contribution >= 0.6 is 0 Å². The summed E-state index contributed by atoms with van der Waals surface area (Å²) in [6, 6.07) is 15.4. The standard InChI is InChI=1S/C25H29N3O4/c1-2-10-31-22-5-3-4-19(11-22)15-28-16-21(29)12-23(28)25(30)27-13-18-6-8-20(9-7-18)24-14-26-17-32-24/h3-9,11,14,17,21,23,29H,2,10,12-13,15-16H2,1H3,(H,27,30)/t21-,23+/m1/s1. The minimum absolute atomic E-state index is 0.0701. The van der Waals surface area contributed by atoms with E-state index < -0.39 is 6.10 Å². The highest BCUT2D eigenvalue weighted by atomic mass is 16.5. The lowest BCUT2D eigenvalue weighted by Crippen LogP contribution is -2.42. The van der Waals surface area contributed by atoms with Crippen LogP contribution in [0.15, 0.2) is 65.5 Å². The number of β-amino-alcohol motifs (C(OH)–C–C–N with tert-alkyl or cyclic N) is 1. The Balaban J connectivity index is 1.35. The van der Waals surface area contributed by atoms with Gasteiger partial charge in [-0.25, -0.2) is 4.98 Å². The highest BCUT2D eigenvalue weighted by molar-refractivity contribution is 5.82. The molecule has 1 aliphatic rings. The van der Waals surface area contributed by atoms with Crippen LogP contribution in [0.25, 0.3) is 11.3 Å². The lowest BCUT2D eigenvalue weighted by atomic mass is 10.1. The second-order valence-electron chi connectivity index (χ2n) is 8.11. The van der Waals surface area contributed by atoms with Crippen molar-refractivity contribution in [3.8, 4) is 17.1 Å². The maximum atomic E-state index is 12.9. The molecule has 0 saturated carbocycles. The predicted octanol–water partition coefficient (Wildman–Crippen LogP) is 3.38. The molecule has 1 saturated heterocycles. The van der Waals surface area contributed by atoms with Crippen LogP contribution in [0, 0.1) is 0 Å². The molecule has 1 aromatic heterocycles. The number of amides is 1. The van der Waals surface area contributed by atoms with E-state index >= 15 is 0 Å². The van der Waals surface area contributed by atoms with E-state index in [1.807, 2.05) is 53.4 Å². The third-order valence-corrected chi connectivity index (χ3v) is 5.58. The lowest BCUT2D eigenvalue weighted by Gasteiger charge is -2.23. The quantitative estimate of drug-likeness (QED) is 0.536. The maximum Gasteiger partial charge on any atom is 0.237 e. The van der Waals surface area contributed by atoms with Crippen molar-refractivity contribution in [2.75, 3.05) is 13.2 Å². The van der Waals surface area contributed by atoms with E-state index in [1.165, 1.54) is 6.39 Å². The summed E-state index contributed by atoms with van der Waals surface area (Å²) in [5.74, 6) is 1.47. The maximum absolute atomic E-state index is 12.9. The van der Waals surface area contributed by atoms with E-state index in [1.54, 1.807) is 6.20 Å². The Morgan fingerprint density at radius 2 is 2.09 bits per heavy atom. The molecule has 2 aromatic carbocycles. The Kier molecular flexibility index (Phi) is 7.19. The number of carbonyl (C=O) groups excluding carboxylic acids is 1. The van der Waals surface area contributed by atoms with E-state index in [0.29, 0.717) is 38.4 Å². The van der Waals surface area contributed by atoms with Crippen molar-refractivity contribution in [3.63, 3.8) is 0 Å². The Labute approximate surface area is 188 Å². The van der Waals surface area contributed by atoms with Crippen LogP contribution in [-0.2, 0) is 17.9 Å². The Bertz CT molecular complexity index is 1000. The van der Waals surface area contributed by atoms with Crippen LogP contribution in [0.2, 0.25) is 0 Å². The zero-order chi connectivity index (χ0) is 22.3. The van der Waals surface area contributed by atoms with Gasteiger partial charge in [-0.3, -0.25) is 9.69 Å². The summed E-state index contributed by atoms with van der Waals surface area (Å²) in [6.07, 6.45) is 3.95. The second-order valence-corrected chi connectivity index (χ2v) is 8.11. The van der Waals surface area contributed by atoms with Crippen molar-refractivity contribution in [2.45, 2.75) is 45.0 Å². The van der Waals surface area contributed by atoms with Crippen LogP contribution in [-0.4, -0.2) is 46.2 Å². The van der Waals surface area contributed by atoms with E-state index in [4.69, 9.17) is 9.15 Å². The van der Waals surface area contributed by atoms with Gasteiger partial charge in [-0.2, -0.15) is 0 Å². The van der Waals surface area contributed by atoms with Crippen LogP contribution in [0.5, 0.6) is 5.75 Å². The number of hydrogen-bond acceptors (Lipinski definition) is 6. The molecule has 0 aliphatic carbocycles. The fraction of sp³-hybridized carbons (Fsp3) is 0.360. The molecule has 32 heavy (non-hydrogen) atoms. The number of oxazole rings is 1. The predicted molar refractivity (Wildman–Crippen MR) is 121 cm³/mol. The summed E-state index contributed by atoms with van der Waals surface area (Å²) in [4.78, 5) is 18.9. The molecule has 2 atom stereocenters. The number of likely N-dealkylation sites (tertiary alicyclic amines) is 1. The first-order chi connectivity index (χ1) is 15.6. The molecular formula is C25H29N3O4. The van der Waals surface area contributed by atoms with Gasteiger partial charge in [-0.05, 0) is 36.1 Å². The molecule has 0 bridgehead atoms. The van der Waals surface area contributed by atoms with Gasteiger partial charge in [0.05, 0.1) is 24.9 Å². The summed E-state index contributed by atoms with van der Waals surface area (Å²) in [5, 5.41) is 13.2. The van der Waals surface area contributed by atoms with Crippen molar-refractivity contribution in [3.05, 3.63) is 72.2 Å². The van der Waals surface area contributed by atoms with Gasteiger partial charge < -0.3 is 19.6 Å². The van der Waals surface area contributed by atoms with Gasteiger partial charge in [0.25, 0.3) is 0 Å². The molecule has 1 aliphatic heterocycles. The van der Waals surface area contributed by atoms with Gasteiger partial charge in [-0.1, -0.05) is 43.3 Å². The van der Waals surface area contributed by atoms with Crippen molar-refractivity contribution in [2.24, 2.45) is 0 Å². The van der Waals surface area contributed by atoms with Crippen molar-refractivity contribution < 1.29 is 19.1 Å². The number of aromatic nitrogens is 1. The summed E-state index contributed by atoms with van der Waals surface area (Å²) in [5.41, 5.74) is 2.99. The number of hydrogen-bond donors (Lipinski definition) is 2. The summed E-state index contributed by atoms with van der Waals surface area (Å²) in [6.45, 7) is 4.24. The smallest absolute Gasteiger partial charge is 0.237 e. The average Bonchev–Trinajstić information content (AvgIpc) is 3.47. The van der Waals surface area contributed by atoms with E-state index in [9.17, 15) is 9.90 Å². The van der Waals surface area contributed by atoms with Crippen LogP contribution in [0.3, 0.4) is 0 Å². The molecule has 1 fully saturated rings.